The molecule has 3 amide bonds. The van der Waals surface area contributed by atoms with Crippen molar-refractivity contribution < 1.29 is 14.0 Å². The van der Waals surface area contributed by atoms with Crippen LogP contribution < -0.4 is 16.4 Å². The van der Waals surface area contributed by atoms with Crippen LogP contribution in [0.5, 0.6) is 0 Å². The van der Waals surface area contributed by atoms with Crippen LogP contribution in [-0.4, -0.2) is 36.2 Å². The molecule has 0 radical (unpaired) electrons. The van der Waals surface area contributed by atoms with Gasteiger partial charge in [0.2, 0.25) is 5.91 Å². The summed E-state index contributed by atoms with van der Waals surface area (Å²) in [6, 6.07) is 18.4. The number of hydrogen-bond acceptors (Lipinski definition) is 4. The van der Waals surface area contributed by atoms with E-state index in [0.717, 1.165) is 22.2 Å². The van der Waals surface area contributed by atoms with Gasteiger partial charge in [-0.05, 0) is 66.0 Å². The van der Waals surface area contributed by atoms with E-state index in [1.165, 1.54) is 0 Å². The zero-order chi connectivity index (χ0) is 27.5. The van der Waals surface area contributed by atoms with E-state index in [2.05, 4.69) is 49.5 Å². The van der Waals surface area contributed by atoms with Crippen molar-refractivity contribution in [2.24, 2.45) is 5.73 Å². The summed E-state index contributed by atoms with van der Waals surface area (Å²) < 4.78 is 8.13. The molecule has 4 aromatic rings. The quantitative estimate of drug-likeness (QED) is 0.232. The van der Waals surface area contributed by atoms with Gasteiger partial charge in [-0.25, -0.2) is 9.78 Å². The molecule has 0 bridgehead atoms. The van der Waals surface area contributed by atoms with Crippen molar-refractivity contribution in [3.05, 3.63) is 84.3 Å². The first kappa shape index (κ1) is 27.1. The number of hydrogen-bond donors (Lipinski definition) is 3. The van der Waals surface area contributed by atoms with Crippen molar-refractivity contribution in [1.29, 1.82) is 0 Å². The average Bonchev–Trinajstić information content (AvgIpc) is 3.33. The number of rotatable bonds is 8. The molecule has 4 rings (SSSR count). The van der Waals surface area contributed by atoms with Gasteiger partial charge in [0.25, 0.3) is 0 Å². The SMILES string of the molecule is CC(C)(C)[Si](C)(C)OCCc1cc(NC(=O)Nc2c(-c3ccccc3)ccc3cncn23)ccc1C(N)=O. The van der Waals surface area contributed by atoms with Gasteiger partial charge in [0.1, 0.15) is 12.1 Å². The number of benzene rings is 2. The highest BCUT2D eigenvalue weighted by atomic mass is 28.4. The maximum Gasteiger partial charge on any atom is 0.324 e. The molecule has 2 aromatic carbocycles. The summed E-state index contributed by atoms with van der Waals surface area (Å²) >= 11 is 0. The Morgan fingerprint density at radius 3 is 2.45 bits per heavy atom. The first-order valence-electron chi connectivity index (χ1n) is 12.6. The average molecular weight is 530 g/mol. The molecular formula is C29H35N5O3Si. The predicted molar refractivity (Wildman–Crippen MR) is 155 cm³/mol. The summed E-state index contributed by atoms with van der Waals surface area (Å²) in [5.41, 5.74) is 10.0. The van der Waals surface area contributed by atoms with Crippen LogP contribution in [0.4, 0.5) is 16.3 Å². The van der Waals surface area contributed by atoms with E-state index >= 15 is 0 Å². The van der Waals surface area contributed by atoms with Crippen LogP contribution >= 0.6 is 0 Å². The van der Waals surface area contributed by atoms with Gasteiger partial charge in [-0.15, -0.1) is 0 Å². The third-order valence-electron chi connectivity index (χ3n) is 7.17. The molecule has 0 saturated carbocycles. The molecular weight excluding hydrogens is 494 g/mol. The van der Waals surface area contributed by atoms with Crippen molar-refractivity contribution in [2.75, 3.05) is 17.2 Å². The fraction of sp³-hybridized carbons (Fsp3) is 0.276. The fourth-order valence-electron chi connectivity index (χ4n) is 3.99. The normalized spacial score (nSPS) is 11.9. The smallest absolute Gasteiger partial charge is 0.324 e. The van der Waals surface area contributed by atoms with E-state index < -0.39 is 20.3 Å². The number of nitrogens with zero attached hydrogens (tertiary/aromatic N) is 2. The lowest BCUT2D eigenvalue weighted by Crippen LogP contribution is -2.41. The molecule has 0 aliphatic heterocycles. The highest BCUT2D eigenvalue weighted by molar-refractivity contribution is 6.74. The third kappa shape index (κ3) is 5.95. The number of pyridine rings is 1. The first-order valence-corrected chi connectivity index (χ1v) is 15.5. The topological polar surface area (TPSA) is 111 Å². The van der Waals surface area contributed by atoms with E-state index in [9.17, 15) is 9.59 Å². The largest absolute Gasteiger partial charge is 0.416 e. The minimum Gasteiger partial charge on any atom is -0.416 e. The van der Waals surface area contributed by atoms with E-state index in [-0.39, 0.29) is 5.04 Å². The highest BCUT2D eigenvalue weighted by Crippen LogP contribution is 2.36. The van der Waals surface area contributed by atoms with Crippen LogP contribution in [0, 0.1) is 0 Å². The summed E-state index contributed by atoms with van der Waals surface area (Å²) in [5.74, 6) is 0.0862. The number of urea groups is 1. The van der Waals surface area contributed by atoms with Gasteiger partial charge in [-0.2, -0.15) is 0 Å². The number of nitrogens with two attached hydrogens (primary N) is 1. The van der Waals surface area contributed by atoms with Gasteiger partial charge in [-0.3, -0.25) is 14.5 Å². The Bertz CT molecular complexity index is 1460. The molecule has 0 aliphatic carbocycles. The highest BCUT2D eigenvalue weighted by Gasteiger charge is 2.36. The van der Waals surface area contributed by atoms with Gasteiger partial charge in [0, 0.05) is 23.4 Å². The molecule has 0 atom stereocenters. The van der Waals surface area contributed by atoms with Crippen LogP contribution in [0.1, 0.15) is 36.7 Å². The maximum absolute atomic E-state index is 13.2. The fourth-order valence-corrected chi connectivity index (χ4v) is 5.04. The van der Waals surface area contributed by atoms with Crippen LogP contribution in [0.3, 0.4) is 0 Å². The number of fused-ring (bicyclic) bond motifs is 1. The van der Waals surface area contributed by atoms with Gasteiger partial charge < -0.3 is 15.5 Å². The van der Waals surface area contributed by atoms with Gasteiger partial charge in [0.15, 0.2) is 8.32 Å². The number of primary amides is 1. The second-order valence-corrected chi connectivity index (χ2v) is 15.6. The number of nitrogens with one attached hydrogen (secondary N) is 2. The lowest BCUT2D eigenvalue weighted by molar-refractivity contribution is 0.0999. The molecule has 9 heteroatoms. The molecule has 0 spiro atoms. The zero-order valence-electron chi connectivity index (χ0n) is 22.5. The Morgan fingerprint density at radius 2 is 1.76 bits per heavy atom. The van der Waals surface area contributed by atoms with Crippen LogP contribution in [0.25, 0.3) is 16.6 Å². The van der Waals surface area contributed by atoms with Gasteiger partial charge in [-0.1, -0.05) is 51.1 Å². The minimum atomic E-state index is -1.94. The first-order chi connectivity index (χ1) is 18.0. The third-order valence-corrected chi connectivity index (χ3v) is 11.7. The molecule has 0 unspecified atom stereocenters. The summed E-state index contributed by atoms with van der Waals surface area (Å²) in [4.78, 5) is 29.4. The van der Waals surface area contributed by atoms with E-state index in [4.69, 9.17) is 10.2 Å². The van der Waals surface area contributed by atoms with E-state index in [1.54, 1.807) is 30.7 Å². The van der Waals surface area contributed by atoms with E-state index in [1.807, 2.05) is 46.9 Å². The molecule has 2 heterocycles. The van der Waals surface area contributed by atoms with Crippen molar-refractivity contribution in [1.82, 2.24) is 9.38 Å². The lowest BCUT2D eigenvalue weighted by Gasteiger charge is -2.36. The Kier molecular flexibility index (Phi) is 7.70. The van der Waals surface area contributed by atoms with Gasteiger partial charge in [0.05, 0.1) is 11.7 Å². The maximum atomic E-state index is 13.2. The Balaban J connectivity index is 1.55. The molecule has 8 nitrogen and oxygen atoms in total. The van der Waals surface area contributed by atoms with Crippen molar-refractivity contribution in [2.45, 2.75) is 45.3 Å². The standard InChI is InChI=1S/C29H35N5O3Si/c1-29(2,3)38(4,5)37-16-15-21-17-22(11-13-24(21)26(30)35)32-28(36)33-27-25(20-9-7-6-8-10-20)14-12-23-18-31-19-34(23)27/h6-14,17-19H,15-16H2,1-5H3,(H2,30,35)(H2,32,33,36). The number of aromatic nitrogens is 2. The van der Waals surface area contributed by atoms with Crippen LogP contribution in [-0.2, 0) is 10.8 Å². The van der Waals surface area contributed by atoms with Crippen molar-refractivity contribution >= 4 is 37.3 Å². The number of carbonyl (C=O) groups excluding carboxylic acids is 2. The molecule has 2 aromatic heterocycles. The lowest BCUT2D eigenvalue weighted by atomic mass is 10.0. The molecule has 0 fully saturated rings. The second kappa shape index (κ2) is 10.8. The summed E-state index contributed by atoms with van der Waals surface area (Å²) in [6.07, 6.45) is 3.91. The zero-order valence-corrected chi connectivity index (χ0v) is 23.5. The molecule has 0 aliphatic rings. The molecule has 38 heavy (non-hydrogen) atoms. The Labute approximate surface area is 224 Å². The number of imidazole rings is 1. The predicted octanol–water partition coefficient (Wildman–Crippen LogP) is 6.31. The van der Waals surface area contributed by atoms with E-state index in [0.29, 0.717) is 30.1 Å². The Hall–Kier alpha value is -3.95. The Morgan fingerprint density at radius 1 is 1.03 bits per heavy atom. The number of anilines is 2. The molecule has 198 valence electrons. The van der Waals surface area contributed by atoms with Crippen molar-refractivity contribution in [3.63, 3.8) is 0 Å². The number of amides is 3. The van der Waals surface area contributed by atoms with Gasteiger partial charge >= 0.3 is 6.03 Å². The van der Waals surface area contributed by atoms with Crippen LogP contribution in [0.2, 0.25) is 18.1 Å². The van der Waals surface area contributed by atoms with Crippen LogP contribution in [0.15, 0.2) is 73.2 Å². The molecule has 0 saturated heterocycles. The monoisotopic (exact) mass is 529 g/mol. The number of carbonyl (C=O) groups is 2. The summed E-state index contributed by atoms with van der Waals surface area (Å²) in [5, 5.41) is 5.96. The summed E-state index contributed by atoms with van der Waals surface area (Å²) in [7, 11) is -1.94. The minimum absolute atomic E-state index is 0.0811. The second-order valence-electron chi connectivity index (χ2n) is 10.8. The summed E-state index contributed by atoms with van der Waals surface area (Å²) in [6.45, 7) is 11.4. The van der Waals surface area contributed by atoms with Crippen molar-refractivity contribution in [3.8, 4) is 11.1 Å². The molecule has 4 N–H and O–H groups in total.